The van der Waals surface area contributed by atoms with E-state index >= 15 is 0 Å². The molecule has 4 heteroatoms. The second-order valence-corrected chi connectivity index (χ2v) is 9.28. The van der Waals surface area contributed by atoms with E-state index in [2.05, 4.69) is 36.9 Å². The molecule has 1 unspecified atom stereocenters. The lowest BCUT2D eigenvalue weighted by molar-refractivity contribution is -0.134. The summed E-state index contributed by atoms with van der Waals surface area (Å²) in [6, 6.07) is 16.8. The van der Waals surface area contributed by atoms with Crippen LogP contribution in [0.4, 0.5) is 0 Å². The van der Waals surface area contributed by atoms with E-state index in [1.165, 1.54) is 16.7 Å². The van der Waals surface area contributed by atoms with Crippen molar-refractivity contribution in [3.63, 3.8) is 0 Å². The first-order valence-corrected chi connectivity index (χ1v) is 11.7. The summed E-state index contributed by atoms with van der Waals surface area (Å²) in [6.45, 7) is 6.68. The van der Waals surface area contributed by atoms with E-state index in [9.17, 15) is 9.59 Å². The molecule has 31 heavy (non-hydrogen) atoms. The molecule has 1 atom stereocenters. The minimum atomic E-state index is 0.199. The van der Waals surface area contributed by atoms with Gasteiger partial charge in [0.25, 0.3) is 0 Å². The number of nitrogens with zero attached hydrogens (tertiary/aromatic N) is 2. The van der Waals surface area contributed by atoms with Gasteiger partial charge >= 0.3 is 0 Å². The number of aryl methyl sites for hydroxylation is 2. The summed E-state index contributed by atoms with van der Waals surface area (Å²) in [6.07, 6.45) is 5.07. The standard InChI is InChI=1S/C27H34N2O2/c1-20-10-11-24(17-21(20)2)25-9-6-14-29(25)27(31)19-23-12-15-28(16-13-23)26(30)18-22-7-4-3-5-8-22/h3-5,7-8,10-11,17,23,25H,6,9,12-16,18-19H2,1-2H3. The number of carbonyl (C=O) groups excluding carboxylic acids is 2. The molecule has 2 fully saturated rings. The van der Waals surface area contributed by atoms with Gasteiger partial charge in [-0.3, -0.25) is 9.59 Å². The average Bonchev–Trinajstić information content (AvgIpc) is 3.27. The molecule has 0 aliphatic carbocycles. The summed E-state index contributed by atoms with van der Waals surface area (Å²) in [5.41, 5.74) is 4.93. The van der Waals surface area contributed by atoms with Gasteiger partial charge in [0.15, 0.2) is 0 Å². The number of amides is 2. The first kappa shape index (κ1) is 21.6. The van der Waals surface area contributed by atoms with E-state index in [1.807, 2.05) is 35.2 Å². The maximum absolute atomic E-state index is 13.2. The average molecular weight is 419 g/mol. The lowest BCUT2D eigenvalue weighted by Gasteiger charge is -2.33. The number of likely N-dealkylation sites (tertiary alicyclic amines) is 2. The topological polar surface area (TPSA) is 40.6 Å². The Morgan fingerprint density at radius 1 is 0.871 bits per heavy atom. The van der Waals surface area contributed by atoms with Crippen LogP contribution < -0.4 is 0 Å². The molecule has 0 radical (unpaired) electrons. The van der Waals surface area contributed by atoms with Gasteiger partial charge in [-0.1, -0.05) is 48.5 Å². The molecule has 0 aromatic heterocycles. The van der Waals surface area contributed by atoms with Crippen molar-refractivity contribution in [2.24, 2.45) is 5.92 Å². The molecular weight excluding hydrogens is 384 g/mol. The molecule has 164 valence electrons. The number of rotatable bonds is 5. The highest BCUT2D eigenvalue weighted by atomic mass is 16.2. The molecule has 0 N–H and O–H groups in total. The highest BCUT2D eigenvalue weighted by Gasteiger charge is 2.32. The smallest absolute Gasteiger partial charge is 0.226 e. The molecule has 0 saturated carbocycles. The van der Waals surface area contributed by atoms with Crippen LogP contribution in [0.3, 0.4) is 0 Å². The van der Waals surface area contributed by atoms with Crippen LogP contribution in [0.2, 0.25) is 0 Å². The van der Waals surface area contributed by atoms with Gasteiger partial charge in [0.05, 0.1) is 12.5 Å². The zero-order chi connectivity index (χ0) is 21.8. The largest absolute Gasteiger partial charge is 0.342 e. The predicted molar refractivity (Wildman–Crippen MR) is 124 cm³/mol. The highest BCUT2D eigenvalue weighted by molar-refractivity contribution is 5.79. The fourth-order valence-electron chi connectivity index (χ4n) is 5.02. The normalized spacial score (nSPS) is 19.6. The molecule has 2 amide bonds. The molecule has 0 bridgehead atoms. The SMILES string of the molecule is Cc1ccc(C2CCCN2C(=O)CC2CCN(C(=O)Cc3ccccc3)CC2)cc1C. The van der Waals surface area contributed by atoms with Crippen LogP contribution in [0, 0.1) is 19.8 Å². The molecule has 0 spiro atoms. The first-order chi connectivity index (χ1) is 15.0. The van der Waals surface area contributed by atoms with Gasteiger partial charge in [-0.25, -0.2) is 0 Å². The number of hydrogen-bond acceptors (Lipinski definition) is 2. The Morgan fingerprint density at radius 2 is 1.61 bits per heavy atom. The van der Waals surface area contributed by atoms with Gasteiger partial charge in [-0.15, -0.1) is 0 Å². The van der Waals surface area contributed by atoms with Gasteiger partial charge < -0.3 is 9.80 Å². The van der Waals surface area contributed by atoms with Gasteiger partial charge in [0.1, 0.15) is 0 Å². The van der Waals surface area contributed by atoms with Crippen molar-refractivity contribution in [1.82, 2.24) is 9.80 Å². The highest BCUT2D eigenvalue weighted by Crippen LogP contribution is 2.34. The van der Waals surface area contributed by atoms with E-state index in [0.717, 1.165) is 50.9 Å². The quantitative estimate of drug-likeness (QED) is 0.697. The van der Waals surface area contributed by atoms with Crippen LogP contribution in [0.15, 0.2) is 48.5 Å². The van der Waals surface area contributed by atoms with Crippen LogP contribution in [0.5, 0.6) is 0 Å². The van der Waals surface area contributed by atoms with E-state index in [1.54, 1.807) is 0 Å². The second kappa shape index (κ2) is 9.67. The molecular formula is C27H34N2O2. The van der Waals surface area contributed by atoms with Crippen molar-refractivity contribution < 1.29 is 9.59 Å². The summed E-state index contributed by atoms with van der Waals surface area (Å²) in [5, 5.41) is 0. The Bertz CT molecular complexity index is 916. The molecule has 4 nitrogen and oxygen atoms in total. The van der Waals surface area contributed by atoms with Crippen molar-refractivity contribution >= 4 is 11.8 Å². The van der Waals surface area contributed by atoms with Gasteiger partial charge in [0, 0.05) is 26.1 Å². The molecule has 2 aliphatic rings. The van der Waals surface area contributed by atoms with E-state index in [0.29, 0.717) is 18.8 Å². The van der Waals surface area contributed by atoms with E-state index < -0.39 is 0 Å². The molecule has 4 rings (SSSR count). The number of piperidine rings is 1. The Hall–Kier alpha value is -2.62. The maximum atomic E-state index is 13.2. The summed E-state index contributed by atoms with van der Waals surface area (Å²) in [7, 11) is 0. The second-order valence-electron chi connectivity index (χ2n) is 9.28. The van der Waals surface area contributed by atoms with Gasteiger partial charge in [-0.05, 0) is 67.7 Å². The zero-order valence-corrected chi connectivity index (χ0v) is 18.8. The van der Waals surface area contributed by atoms with Crippen LogP contribution in [0.25, 0.3) is 0 Å². The fraction of sp³-hybridized carbons (Fsp3) is 0.481. The van der Waals surface area contributed by atoms with Crippen molar-refractivity contribution in [2.45, 2.75) is 58.4 Å². The lowest BCUT2D eigenvalue weighted by atomic mass is 9.92. The summed E-state index contributed by atoms with van der Waals surface area (Å²) in [4.78, 5) is 29.8. The van der Waals surface area contributed by atoms with Gasteiger partial charge in [0.2, 0.25) is 11.8 Å². The Balaban J connectivity index is 1.29. The van der Waals surface area contributed by atoms with Gasteiger partial charge in [-0.2, -0.15) is 0 Å². The number of hydrogen-bond donors (Lipinski definition) is 0. The Kier molecular flexibility index (Phi) is 6.74. The number of benzene rings is 2. The number of carbonyl (C=O) groups is 2. The fourth-order valence-corrected chi connectivity index (χ4v) is 5.02. The molecule has 2 aromatic carbocycles. The monoisotopic (exact) mass is 418 g/mol. The van der Waals surface area contributed by atoms with Crippen LogP contribution >= 0.6 is 0 Å². The van der Waals surface area contributed by atoms with Crippen LogP contribution in [-0.2, 0) is 16.0 Å². The minimum Gasteiger partial charge on any atom is -0.342 e. The summed E-state index contributed by atoms with van der Waals surface area (Å²) < 4.78 is 0. The molecule has 2 saturated heterocycles. The molecule has 2 aromatic rings. The third-order valence-electron chi connectivity index (χ3n) is 7.12. The van der Waals surface area contributed by atoms with Crippen molar-refractivity contribution in [3.8, 4) is 0 Å². The van der Waals surface area contributed by atoms with Crippen LogP contribution in [-0.4, -0.2) is 41.2 Å². The molecule has 2 aliphatic heterocycles. The van der Waals surface area contributed by atoms with Crippen molar-refractivity contribution in [2.75, 3.05) is 19.6 Å². The van der Waals surface area contributed by atoms with Crippen LogP contribution in [0.1, 0.15) is 60.4 Å². The van der Waals surface area contributed by atoms with E-state index in [-0.39, 0.29) is 17.9 Å². The first-order valence-electron chi connectivity index (χ1n) is 11.7. The van der Waals surface area contributed by atoms with E-state index in [4.69, 9.17) is 0 Å². The van der Waals surface area contributed by atoms with Crippen molar-refractivity contribution in [1.29, 1.82) is 0 Å². The Morgan fingerprint density at radius 3 is 2.32 bits per heavy atom. The third-order valence-corrected chi connectivity index (χ3v) is 7.12. The maximum Gasteiger partial charge on any atom is 0.226 e. The summed E-state index contributed by atoms with van der Waals surface area (Å²) in [5.74, 6) is 0.870. The lowest BCUT2D eigenvalue weighted by Crippen LogP contribution is -2.40. The van der Waals surface area contributed by atoms with Crippen molar-refractivity contribution in [3.05, 3.63) is 70.8 Å². The predicted octanol–water partition coefficient (Wildman–Crippen LogP) is 4.84. The Labute approximate surface area is 186 Å². The third kappa shape index (κ3) is 5.17. The zero-order valence-electron chi connectivity index (χ0n) is 18.8. The molecule has 2 heterocycles. The summed E-state index contributed by atoms with van der Waals surface area (Å²) >= 11 is 0. The minimum absolute atomic E-state index is 0.199.